The van der Waals surface area contributed by atoms with Crippen molar-refractivity contribution in [3.8, 4) is 0 Å². The number of rotatable bonds is 4. The summed E-state index contributed by atoms with van der Waals surface area (Å²) in [7, 11) is 1.63. The lowest BCUT2D eigenvalue weighted by molar-refractivity contribution is -0.205. The Labute approximate surface area is 93.7 Å². The fourth-order valence-electron chi connectivity index (χ4n) is 1.10. The van der Waals surface area contributed by atoms with Gasteiger partial charge in [-0.05, 0) is 19.1 Å². The first kappa shape index (κ1) is 12.1. The van der Waals surface area contributed by atoms with Crippen molar-refractivity contribution < 1.29 is 14.9 Å². The van der Waals surface area contributed by atoms with Gasteiger partial charge in [0.2, 0.25) is 5.76 Å². The van der Waals surface area contributed by atoms with Gasteiger partial charge < -0.3 is 15.5 Å². The van der Waals surface area contributed by atoms with Gasteiger partial charge >= 0.3 is 0 Å². The summed E-state index contributed by atoms with van der Waals surface area (Å²) in [5.41, 5.74) is 1.07. The Hall–Kier alpha value is -2.01. The van der Waals surface area contributed by atoms with Crippen molar-refractivity contribution in [1.82, 2.24) is 5.32 Å². The zero-order valence-electron chi connectivity index (χ0n) is 9.15. The molecule has 1 rings (SSSR count). The lowest BCUT2D eigenvalue weighted by Crippen LogP contribution is -2.20. The molecule has 0 unspecified atom stereocenters. The van der Waals surface area contributed by atoms with Crippen LogP contribution >= 0.6 is 0 Å². The first-order chi connectivity index (χ1) is 7.69. The van der Waals surface area contributed by atoms with Crippen LogP contribution in [0.4, 0.5) is 5.69 Å². The predicted octanol–water partition coefficient (Wildman–Crippen LogP) is 1.57. The molecule has 0 aliphatic heterocycles. The number of nitrogens with one attached hydrogen (secondary N) is 2. The van der Waals surface area contributed by atoms with Crippen molar-refractivity contribution in [2.45, 2.75) is 6.92 Å². The molecule has 0 saturated heterocycles. The van der Waals surface area contributed by atoms with Gasteiger partial charge in [0.05, 0.1) is 5.70 Å². The van der Waals surface area contributed by atoms with Crippen LogP contribution in [0.15, 0.2) is 41.8 Å². The van der Waals surface area contributed by atoms with Gasteiger partial charge in [-0.1, -0.05) is 18.2 Å². The molecule has 1 amide bonds. The number of allylic oxidation sites excluding steroid dienone is 1. The second-order valence-corrected chi connectivity index (χ2v) is 3.12. The van der Waals surface area contributed by atoms with Gasteiger partial charge in [-0.25, -0.2) is 5.26 Å². The smallest absolute Gasteiger partial charge is 0.296 e. The Morgan fingerprint density at radius 3 is 2.44 bits per heavy atom. The zero-order chi connectivity index (χ0) is 12.0. The minimum atomic E-state index is -0.513. The van der Waals surface area contributed by atoms with Crippen molar-refractivity contribution in [1.29, 1.82) is 0 Å². The van der Waals surface area contributed by atoms with E-state index in [2.05, 4.69) is 15.5 Å². The summed E-state index contributed by atoms with van der Waals surface area (Å²) < 4.78 is 0. The lowest BCUT2D eigenvalue weighted by Gasteiger charge is -2.08. The summed E-state index contributed by atoms with van der Waals surface area (Å²) in [6.07, 6.45) is 0. The Balaban J connectivity index is 2.79. The molecule has 0 spiro atoms. The monoisotopic (exact) mass is 222 g/mol. The van der Waals surface area contributed by atoms with E-state index >= 15 is 0 Å². The first-order valence-electron chi connectivity index (χ1n) is 4.75. The van der Waals surface area contributed by atoms with Crippen molar-refractivity contribution >= 4 is 11.6 Å². The van der Waals surface area contributed by atoms with Crippen molar-refractivity contribution in [2.24, 2.45) is 0 Å². The third-order valence-corrected chi connectivity index (χ3v) is 2.04. The molecule has 0 radical (unpaired) electrons. The third-order valence-electron chi connectivity index (χ3n) is 2.04. The highest BCUT2D eigenvalue weighted by atomic mass is 17.1. The number of hydrogen-bond donors (Lipinski definition) is 3. The standard InChI is InChI=1S/C11H14N2O3/c1-8(12-2)10(16-15)11(14)13-9-6-4-3-5-7-9/h3-7,12,15H,1-2H3,(H,13,14)/b10-8+. The van der Waals surface area contributed by atoms with Gasteiger partial charge in [0.25, 0.3) is 5.91 Å². The number of hydrogen-bond acceptors (Lipinski definition) is 4. The molecule has 0 aliphatic carbocycles. The van der Waals surface area contributed by atoms with Crippen LogP contribution in [0, 0.1) is 0 Å². The summed E-state index contributed by atoms with van der Waals surface area (Å²) in [5.74, 6) is -0.674. The van der Waals surface area contributed by atoms with E-state index in [9.17, 15) is 4.79 Å². The molecule has 0 bridgehead atoms. The van der Waals surface area contributed by atoms with E-state index < -0.39 is 5.91 Å². The SMILES string of the molecule is CN/C(C)=C(/OO)C(=O)Nc1ccccc1. The fourth-order valence-corrected chi connectivity index (χ4v) is 1.10. The average molecular weight is 222 g/mol. The van der Waals surface area contributed by atoms with E-state index in [1.54, 1.807) is 38.2 Å². The van der Waals surface area contributed by atoms with Gasteiger partial charge in [-0.15, -0.1) is 0 Å². The maximum atomic E-state index is 11.7. The second-order valence-electron chi connectivity index (χ2n) is 3.12. The minimum absolute atomic E-state index is 0.161. The van der Waals surface area contributed by atoms with Gasteiger partial charge in [0.1, 0.15) is 0 Å². The molecule has 5 heteroatoms. The quantitative estimate of drug-likeness (QED) is 0.313. The van der Waals surface area contributed by atoms with Crippen molar-refractivity contribution in [3.05, 3.63) is 41.8 Å². The number of para-hydroxylation sites is 1. The van der Waals surface area contributed by atoms with Crippen LogP contribution in [-0.2, 0) is 9.68 Å². The molecule has 0 atom stereocenters. The van der Waals surface area contributed by atoms with Crippen LogP contribution in [0.1, 0.15) is 6.92 Å². The highest BCUT2D eigenvalue weighted by molar-refractivity contribution is 6.02. The van der Waals surface area contributed by atoms with Gasteiger partial charge in [0, 0.05) is 12.7 Å². The predicted molar refractivity (Wildman–Crippen MR) is 60.5 cm³/mol. The van der Waals surface area contributed by atoms with Crippen LogP contribution in [0.25, 0.3) is 0 Å². The minimum Gasteiger partial charge on any atom is -0.388 e. The molecule has 0 heterocycles. The largest absolute Gasteiger partial charge is 0.388 e. The molecule has 1 aromatic rings. The molecule has 16 heavy (non-hydrogen) atoms. The Morgan fingerprint density at radius 2 is 1.94 bits per heavy atom. The second kappa shape index (κ2) is 5.77. The summed E-state index contributed by atoms with van der Waals surface area (Å²) in [6.45, 7) is 1.62. The summed E-state index contributed by atoms with van der Waals surface area (Å²) in [5, 5.41) is 13.9. The molecular weight excluding hydrogens is 208 g/mol. The summed E-state index contributed by atoms with van der Waals surface area (Å²) in [4.78, 5) is 15.7. The van der Waals surface area contributed by atoms with E-state index in [-0.39, 0.29) is 5.76 Å². The molecule has 86 valence electrons. The topological polar surface area (TPSA) is 70.6 Å². The third kappa shape index (κ3) is 2.99. The van der Waals surface area contributed by atoms with Crippen LogP contribution < -0.4 is 10.6 Å². The van der Waals surface area contributed by atoms with E-state index in [1.807, 2.05) is 6.07 Å². The summed E-state index contributed by atoms with van der Waals surface area (Å²) in [6, 6.07) is 8.91. The molecule has 0 fully saturated rings. The summed E-state index contributed by atoms with van der Waals surface area (Å²) >= 11 is 0. The maximum absolute atomic E-state index is 11.7. The molecule has 1 aromatic carbocycles. The number of anilines is 1. The Morgan fingerprint density at radius 1 is 1.31 bits per heavy atom. The van der Waals surface area contributed by atoms with Crippen LogP contribution in [0.2, 0.25) is 0 Å². The van der Waals surface area contributed by atoms with Gasteiger partial charge in [-0.3, -0.25) is 4.79 Å². The maximum Gasteiger partial charge on any atom is 0.296 e. The van der Waals surface area contributed by atoms with Gasteiger partial charge in [-0.2, -0.15) is 0 Å². The molecule has 3 N–H and O–H groups in total. The molecular formula is C11H14N2O3. The number of carbonyl (C=O) groups excluding carboxylic acids is 1. The number of amides is 1. The van der Waals surface area contributed by atoms with Gasteiger partial charge in [0.15, 0.2) is 0 Å². The highest BCUT2D eigenvalue weighted by Crippen LogP contribution is 2.09. The molecule has 5 nitrogen and oxygen atoms in total. The van der Waals surface area contributed by atoms with Crippen LogP contribution in [0.5, 0.6) is 0 Å². The molecule has 0 aliphatic rings. The Kier molecular flexibility index (Phi) is 4.35. The lowest BCUT2D eigenvalue weighted by atomic mass is 10.3. The number of carbonyl (C=O) groups is 1. The van der Waals surface area contributed by atoms with E-state index in [0.29, 0.717) is 11.4 Å². The van der Waals surface area contributed by atoms with Crippen LogP contribution in [-0.4, -0.2) is 18.2 Å². The van der Waals surface area contributed by atoms with Crippen LogP contribution in [0.3, 0.4) is 0 Å². The van der Waals surface area contributed by atoms with Crippen molar-refractivity contribution in [3.63, 3.8) is 0 Å². The van der Waals surface area contributed by atoms with E-state index in [1.165, 1.54) is 0 Å². The molecule has 0 aromatic heterocycles. The van der Waals surface area contributed by atoms with E-state index in [0.717, 1.165) is 0 Å². The molecule has 0 saturated carbocycles. The zero-order valence-corrected chi connectivity index (χ0v) is 9.15. The normalized spacial score (nSPS) is 11.4. The Bertz CT molecular complexity index is 387. The van der Waals surface area contributed by atoms with E-state index in [4.69, 9.17) is 5.26 Å². The fraction of sp³-hybridized carbons (Fsp3) is 0.182. The number of benzene rings is 1. The first-order valence-corrected chi connectivity index (χ1v) is 4.75. The average Bonchev–Trinajstić information content (AvgIpc) is 2.31. The van der Waals surface area contributed by atoms with Crippen molar-refractivity contribution in [2.75, 3.05) is 12.4 Å². The highest BCUT2D eigenvalue weighted by Gasteiger charge is 2.14.